The van der Waals surface area contributed by atoms with Crippen molar-refractivity contribution in [3.8, 4) is 0 Å². The van der Waals surface area contributed by atoms with Crippen molar-refractivity contribution in [2.24, 2.45) is 11.8 Å². The van der Waals surface area contributed by atoms with E-state index in [0.717, 1.165) is 11.3 Å². The molecule has 2 N–H and O–H groups in total. The van der Waals surface area contributed by atoms with Gasteiger partial charge in [-0.2, -0.15) is 0 Å². The fraction of sp³-hybridized carbons (Fsp3) is 0.222. The highest BCUT2D eigenvalue weighted by Gasteiger charge is 2.48. The fourth-order valence-corrected chi connectivity index (χ4v) is 2.45. The minimum atomic E-state index is -0.410. The van der Waals surface area contributed by atoms with Crippen molar-refractivity contribution in [3.05, 3.63) is 59.9 Å². The molecule has 0 spiro atoms. The molecular formula is C18H17FN2O2. The number of carbonyl (C=O) groups is 2. The molecule has 2 unspecified atom stereocenters. The number of nitrogens with one attached hydrogen (secondary N) is 2. The van der Waals surface area contributed by atoms with E-state index in [4.69, 9.17) is 0 Å². The molecule has 1 aliphatic carbocycles. The van der Waals surface area contributed by atoms with E-state index >= 15 is 0 Å². The molecule has 2 amide bonds. The van der Waals surface area contributed by atoms with E-state index in [9.17, 15) is 14.0 Å². The van der Waals surface area contributed by atoms with Crippen molar-refractivity contribution in [3.63, 3.8) is 0 Å². The van der Waals surface area contributed by atoms with Crippen LogP contribution in [0.2, 0.25) is 0 Å². The van der Waals surface area contributed by atoms with Crippen LogP contribution in [0.25, 0.3) is 0 Å². The second kappa shape index (κ2) is 6.20. The SMILES string of the molecule is Cc1ccc(NC(=O)C2CC2C(=O)Nc2cccc(F)c2)cc1. The highest BCUT2D eigenvalue weighted by atomic mass is 19.1. The van der Waals surface area contributed by atoms with Crippen LogP contribution in [0.4, 0.5) is 15.8 Å². The molecule has 2 aromatic rings. The van der Waals surface area contributed by atoms with E-state index in [2.05, 4.69) is 10.6 Å². The molecule has 23 heavy (non-hydrogen) atoms. The Morgan fingerprint density at radius 3 is 2.17 bits per heavy atom. The molecule has 0 radical (unpaired) electrons. The third-order valence-electron chi connectivity index (χ3n) is 3.88. The van der Waals surface area contributed by atoms with E-state index in [1.165, 1.54) is 18.2 Å². The van der Waals surface area contributed by atoms with Gasteiger partial charge in [-0.15, -0.1) is 0 Å². The average molecular weight is 312 g/mol. The zero-order valence-corrected chi connectivity index (χ0v) is 12.7. The lowest BCUT2D eigenvalue weighted by atomic mass is 10.2. The summed E-state index contributed by atoms with van der Waals surface area (Å²) in [6.45, 7) is 1.97. The van der Waals surface area contributed by atoms with Gasteiger partial charge in [0.2, 0.25) is 11.8 Å². The summed E-state index contributed by atoms with van der Waals surface area (Å²) in [7, 11) is 0. The average Bonchev–Trinajstić information content (AvgIpc) is 3.30. The summed E-state index contributed by atoms with van der Waals surface area (Å²) in [6, 6.07) is 13.2. The predicted octanol–water partition coefficient (Wildman–Crippen LogP) is 3.35. The second-order valence-corrected chi connectivity index (χ2v) is 5.80. The standard InChI is InChI=1S/C18H17FN2O2/c1-11-5-7-13(8-6-11)20-17(22)15-10-16(15)18(23)21-14-4-2-3-12(19)9-14/h2-9,15-16H,10H2,1H3,(H,20,22)(H,21,23). The number of amides is 2. The molecule has 3 rings (SSSR count). The lowest BCUT2D eigenvalue weighted by Crippen LogP contribution is -2.20. The van der Waals surface area contributed by atoms with Crippen LogP contribution in [0.3, 0.4) is 0 Å². The Morgan fingerprint density at radius 1 is 0.957 bits per heavy atom. The van der Waals surface area contributed by atoms with Gasteiger partial charge in [0, 0.05) is 11.4 Å². The topological polar surface area (TPSA) is 58.2 Å². The number of aryl methyl sites for hydroxylation is 1. The number of hydrogen-bond donors (Lipinski definition) is 2. The molecule has 4 nitrogen and oxygen atoms in total. The molecule has 0 heterocycles. The summed E-state index contributed by atoms with van der Waals surface area (Å²) in [4.78, 5) is 24.2. The van der Waals surface area contributed by atoms with Gasteiger partial charge in [-0.25, -0.2) is 4.39 Å². The number of halogens is 1. The lowest BCUT2D eigenvalue weighted by Gasteiger charge is -2.06. The Labute approximate surface area is 133 Å². The van der Waals surface area contributed by atoms with Gasteiger partial charge < -0.3 is 10.6 Å². The third kappa shape index (κ3) is 3.74. The summed E-state index contributed by atoms with van der Waals surface area (Å²) < 4.78 is 13.1. The summed E-state index contributed by atoms with van der Waals surface area (Å²) >= 11 is 0. The van der Waals surface area contributed by atoms with Crippen LogP contribution >= 0.6 is 0 Å². The van der Waals surface area contributed by atoms with Crippen molar-refractivity contribution >= 4 is 23.2 Å². The zero-order valence-electron chi connectivity index (χ0n) is 12.7. The first-order chi connectivity index (χ1) is 11.0. The van der Waals surface area contributed by atoms with Crippen LogP contribution in [-0.4, -0.2) is 11.8 Å². The molecule has 0 saturated heterocycles. The maximum Gasteiger partial charge on any atom is 0.228 e. The maximum absolute atomic E-state index is 13.1. The number of rotatable bonds is 4. The highest BCUT2D eigenvalue weighted by Crippen LogP contribution is 2.40. The van der Waals surface area contributed by atoms with E-state index in [1.807, 2.05) is 31.2 Å². The summed E-state index contributed by atoms with van der Waals surface area (Å²) in [5, 5.41) is 5.45. The molecule has 2 aromatic carbocycles. The Balaban J connectivity index is 1.55. The largest absolute Gasteiger partial charge is 0.326 e. The number of hydrogen-bond acceptors (Lipinski definition) is 2. The molecule has 0 bridgehead atoms. The zero-order chi connectivity index (χ0) is 16.4. The van der Waals surface area contributed by atoms with Gasteiger partial charge in [-0.1, -0.05) is 23.8 Å². The van der Waals surface area contributed by atoms with Crippen molar-refractivity contribution in [2.45, 2.75) is 13.3 Å². The molecule has 0 aliphatic heterocycles. The molecule has 0 aromatic heterocycles. The first-order valence-corrected chi connectivity index (χ1v) is 7.47. The normalized spacial score (nSPS) is 19.0. The van der Waals surface area contributed by atoms with Crippen LogP contribution < -0.4 is 10.6 Å². The third-order valence-corrected chi connectivity index (χ3v) is 3.88. The van der Waals surface area contributed by atoms with Gasteiger partial charge >= 0.3 is 0 Å². The van der Waals surface area contributed by atoms with Crippen LogP contribution in [-0.2, 0) is 9.59 Å². The van der Waals surface area contributed by atoms with E-state index in [1.54, 1.807) is 6.07 Å². The van der Waals surface area contributed by atoms with Crippen LogP contribution in [0, 0.1) is 24.6 Å². The van der Waals surface area contributed by atoms with Crippen LogP contribution in [0.15, 0.2) is 48.5 Å². The van der Waals surface area contributed by atoms with Gasteiger partial charge in [0.05, 0.1) is 11.8 Å². The molecule has 1 fully saturated rings. The summed E-state index contributed by atoms with van der Waals surface area (Å²) in [5.41, 5.74) is 2.23. The Kier molecular flexibility index (Phi) is 4.10. The van der Waals surface area contributed by atoms with Crippen molar-refractivity contribution < 1.29 is 14.0 Å². The monoisotopic (exact) mass is 312 g/mol. The molecule has 5 heteroatoms. The van der Waals surface area contributed by atoms with E-state index in [0.29, 0.717) is 12.1 Å². The second-order valence-electron chi connectivity index (χ2n) is 5.80. The first kappa shape index (κ1) is 15.2. The quantitative estimate of drug-likeness (QED) is 0.909. The van der Waals surface area contributed by atoms with Crippen molar-refractivity contribution in [2.75, 3.05) is 10.6 Å². The fourth-order valence-electron chi connectivity index (χ4n) is 2.45. The molecule has 1 aliphatic rings. The minimum Gasteiger partial charge on any atom is -0.326 e. The van der Waals surface area contributed by atoms with Gasteiger partial charge in [0.15, 0.2) is 0 Å². The molecule has 2 atom stereocenters. The Bertz CT molecular complexity index is 743. The lowest BCUT2D eigenvalue weighted by molar-refractivity contribution is -0.122. The summed E-state index contributed by atoms with van der Waals surface area (Å²) in [5.74, 6) is -1.51. The van der Waals surface area contributed by atoms with Gasteiger partial charge in [-0.05, 0) is 43.7 Å². The van der Waals surface area contributed by atoms with Gasteiger partial charge in [0.25, 0.3) is 0 Å². The Morgan fingerprint density at radius 2 is 1.57 bits per heavy atom. The van der Waals surface area contributed by atoms with Crippen LogP contribution in [0.5, 0.6) is 0 Å². The molecule has 1 saturated carbocycles. The highest BCUT2D eigenvalue weighted by molar-refractivity contribution is 6.03. The smallest absolute Gasteiger partial charge is 0.228 e. The molecular weight excluding hydrogens is 295 g/mol. The predicted molar refractivity (Wildman–Crippen MR) is 86.4 cm³/mol. The number of benzene rings is 2. The van der Waals surface area contributed by atoms with Gasteiger partial charge in [0.1, 0.15) is 5.82 Å². The van der Waals surface area contributed by atoms with Crippen molar-refractivity contribution in [1.82, 2.24) is 0 Å². The first-order valence-electron chi connectivity index (χ1n) is 7.47. The Hall–Kier alpha value is -2.69. The number of anilines is 2. The maximum atomic E-state index is 13.1. The minimum absolute atomic E-state index is 0.159. The number of carbonyl (C=O) groups excluding carboxylic acids is 2. The molecule has 118 valence electrons. The van der Waals surface area contributed by atoms with E-state index < -0.39 is 5.82 Å². The van der Waals surface area contributed by atoms with Gasteiger partial charge in [-0.3, -0.25) is 9.59 Å². The van der Waals surface area contributed by atoms with Crippen molar-refractivity contribution in [1.29, 1.82) is 0 Å². The van der Waals surface area contributed by atoms with Crippen LogP contribution in [0.1, 0.15) is 12.0 Å². The van der Waals surface area contributed by atoms with E-state index in [-0.39, 0.29) is 23.7 Å². The summed E-state index contributed by atoms with van der Waals surface area (Å²) in [6.07, 6.45) is 0.513.